The topological polar surface area (TPSA) is 120 Å². The summed E-state index contributed by atoms with van der Waals surface area (Å²) in [5.74, 6) is -0.481. The first-order chi connectivity index (χ1) is 8.63. The van der Waals surface area contributed by atoms with Gasteiger partial charge in [0.05, 0.1) is 19.3 Å². The van der Waals surface area contributed by atoms with Crippen LogP contribution in [-0.2, 0) is 19.0 Å². The van der Waals surface area contributed by atoms with E-state index in [1.165, 1.54) is 14.2 Å². The van der Waals surface area contributed by atoms with Crippen LogP contribution in [0, 0.1) is 0 Å². The van der Waals surface area contributed by atoms with Crippen molar-refractivity contribution in [3.63, 3.8) is 0 Å². The summed E-state index contributed by atoms with van der Waals surface area (Å²) in [5.41, 5.74) is 14.8. The summed E-state index contributed by atoms with van der Waals surface area (Å²) in [6.45, 7) is 0.0340. The minimum atomic E-state index is -0.553. The lowest BCUT2D eigenvalue weighted by molar-refractivity contribution is -0.136. The summed E-state index contributed by atoms with van der Waals surface area (Å²) >= 11 is 0. The van der Waals surface area contributed by atoms with E-state index in [2.05, 4.69) is 14.8 Å². The van der Waals surface area contributed by atoms with Crippen molar-refractivity contribution in [3.05, 3.63) is 22.1 Å². The van der Waals surface area contributed by atoms with Crippen LogP contribution in [-0.4, -0.2) is 45.2 Å². The molecule has 0 amide bonds. The van der Waals surface area contributed by atoms with E-state index in [-0.39, 0.29) is 13.2 Å². The molecule has 0 fully saturated rings. The summed E-state index contributed by atoms with van der Waals surface area (Å²) in [7, 11) is 2.76. The zero-order valence-electron chi connectivity index (χ0n) is 10.3. The van der Waals surface area contributed by atoms with Crippen LogP contribution in [0.1, 0.15) is 6.42 Å². The molecule has 0 heterocycles. The number of methoxy groups -OCH3 is 2. The van der Waals surface area contributed by atoms with Crippen LogP contribution in [0.5, 0.6) is 0 Å². The normalized spacial score (nSPS) is 27.1. The van der Waals surface area contributed by atoms with E-state index in [1.807, 2.05) is 0 Å². The Labute approximate surface area is 104 Å². The number of carbonyl (C=O) groups excluding carboxylic acids is 1. The molecule has 0 unspecified atom stereocenters. The molecule has 8 heteroatoms. The average molecular weight is 256 g/mol. The number of esters is 1. The van der Waals surface area contributed by atoms with Gasteiger partial charge in [0.1, 0.15) is 6.79 Å². The fraction of sp³-hybridized carbons (Fsp3) is 0.700. The lowest BCUT2D eigenvalue weighted by atomic mass is 9.89. The van der Waals surface area contributed by atoms with Gasteiger partial charge in [-0.2, -0.15) is 0 Å². The Hall–Kier alpha value is -1.60. The molecule has 0 aromatic rings. The zero-order chi connectivity index (χ0) is 13.5. The van der Waals surface area contributed by atoms with E-state index in [1.54, 1.807) is 6.08 Å². The molecule has 8 nitrogen and oxygen atoms in total. The van der Waals surface area contributed by atoms with Gasteiger partial charge in [-0.1, -0.05) is 5.11 Å². The van der Waals surface area contributed by atoms with Crippen LogP contribution < -0.4 is 5.73 Å². The standard InChI is InChI=1S/C10H16N4O4/c1-16-5-18-8-4-6(10(15)17-2)3-7(9(8)11)13-14-12/h4,7-9H,3,5,11H2,1-2H3/t7-,8+,9+/m0/s1. The molecule has 1 rings (SSSR count). The van der Waals surface area contributed by atoms with E-state index in [0.29, 0.717) is 5.57 Å². The number of rotatable bonds is 5. The number of ether oxygens (including phenoxy) is 3. The molecule has 2 N–H and O–H groups in total. The van der Waals surface area contributed by atoms with Gasteiger partial charge >= 0.3 is 5.97 Å². The Balaban J connectivity index is 2.90. The first kappa shape index (κ1) is 14.5. The van der Waals surface area contributed by atoms with Gasteiger partial charge in [-0.3, -0.25) is 0 Å². The van der Waals surface area contributed by atoms with Crippen LogP contribution in [0.2, 0.25) is 0 Å². The summed E-state index contributed by atoms with van der Waals surface area (Å²) < 4.78 is 14.7. The molecule has 0 aromatic heterocycles. The quantitative estimate of drug-likeness (QED) is 0.252. The molecule has 0 aliphatic heterocycles. The number of nitrogens with two attached hydrogens (primary N) is 1. The second kappa shape index (κ2) is 6.97. The van der Waals surface area contributed by atoms with Gasteiger partial charge in [0.15, 0.2) is 0 Å². The van der Waals surface area contributed by atoms with Crippen LogP contribution in [0.3, 0.4) is 0 Å². The maximum Gasteiger partial charge on any atom is 0.333 e. The van der Waals surface area contributed by atoms with Crippen molar-refractivity contribution >= 4 is 5.97 Å². The molecule has 3 atom stereocenters. The van der Waals surface area contributed by atoms with Gasteiger partial charge in [0, 0.05) is 23.6 Å². The van der Waals surface area contributed by atoms with Crippen molar-refractivity contribution < 1.29 is 19.0 Å². The number of azide groups is 1. The second-order valence-electron chi connectivity index (χ2n) is 3.78. The van der Waals surface area contributed by atoms with Gasteiger partial charge in [0.2, 0.25) is 0 Å². The molecule has 18 heavy (non-hydrogen) atoms. The summed E-state index contributed by atoms with van der Waals surface area (Å²) in [6, 6.07) is -1.07. The highest BCUT2D eigenvalue weighted by Crippen LogP contribution is 2.23. The van der Waals surface area contributed by atoms with Crippen molar-refractivity contribution in [1.29, 1.82) is 0 Å². The fourth-order valence-corrected chi connectivity index (χ4v) is 1.73. The third kappa shape index (κ3) is 3.44. The summed E-state index contributed by atoms with van der Waals surface area (Å²) in [4.78, 5) is 14.2. The Kier molecular flexibility index (Phi) is 5.60. The molecule has 0 saturated carbocycles. The molecule has 0 saturated heterocycles. The number of hydrogen-bond donors (Lipinski definition) is 1. The number of nitrogens with zero attached hydrogens (tertiary/aromatic N) is 3. The predicted octanol–water partition coefficient (Wildman–Crippen LogP) is 0.485. The highest BCUT2D eigenvalue weighted by Gasteiger charge is 2.33. The highest BCUT2D eigenvalue weighted by molar-refractivity contribution is 5.88. The second-order valence-corrected chi connectivity index (χ2v) is 3.78. The van der Waals surface area contributed by atoms with E-state index in [4.69, 9.17) is 20.7 Å². The Morgan fingerprint density at radius 1 is 1.67 bits per heavy atom. The minimum absolute atomic E-state index is 0.0340. The van der Waals surface area contributed by atoms with Crippen LogP contribution in [0.15, 0.2) is 16.8 Å². The van der Waals surface area contributed by atoms with Crippen LogP contribution in [0.4, 0.5) is 0 Å². The van der Waals surface area contributed by atoms with Gasteiger partial charge in [0.25, 0.3) is 0 Å². The monoisotopic (exact) mass is 256 g/mol. The fourth-order valence-electron chi connectivity index (χ4n) is 1.73. The first-order valence-corrected chi connectivity index (χ1v) is 5.33. The van der Waals surface area contributed by atoms with Crippen molar-refractivity contribution in [2.24, 2.45) is 10.8 Å². The van der Waals surface area contributed by atoms with E-state index < -0.39 is 24.2 Å². The Bertz CT molecular complexity index is 378. The molecule has 0 aromatic carbocycles. The summed E-state index contributed by atoms with van der Waals surface area (Å²) in [6.07, 6.45) is 1.27. The molecule has 1 aliphatic carbocycles. The van der Waals surface area contributed by atoms with Gasteiger partial charge in [-0.25, -0.2) is 4.79 Å². The predicted molar refractivity (Wildman–Crippen MR) is 62.4 cm³/mol. The van der Waals surface area contributed by atoms with Crippen molar-refractivity contribution in [1.82, 2.24) is 0 Å². The Morgan fingerprint density at radius 2 is 2.39 bits per heavy atom. The van der Waals surface area contributed by atoms with E-state index >= 15 is 0 Å². The third-order valence-corrected chi connectivity index (χ3v) is 2.64. The first-order valence-electron chi connectivity index (χ1n) is 5.33. The lowest BCUT2D eigenvalue weighted by Gasteiger charge is -2.31. The van der Waals surface area contributed by atoms with Crippen LogP contribution in [0.25, 0.3) is 10.4 Å². The molecular weight excluding hydrogens is 240 g/mol. The van der Waals surface area contributed by atoms with Crippen molar-refractivity contribution in [2.75, 3.05) is 21.0 Å². The van der Waals surface area contributed by atoms with Crippen LogP contribution >= 0.6 is 0 Å². The molecule has 0 spiro atoms. The largest absolute Gasteiger partial charge is 0.466 e. The molecular formula is C10H16N4O4. The van der Waals surface area contributed by atoms with E-state index in [9.17, 15) is 4.79 Å². The smallest absolute Gasteiger partial charge is 0.333 e. The SMILES string of the molecule is COCO[C@@H]1C=C(C(=O)OC)C[C@H](N=[N+]=[N-])[C@H]1N. The van der Waals surface area contributed by atoms with Gasteiger partial charge in [-0.15, -0.1) is 0 Å². The number of hydrogen-bond acceptors (Lipinski definition) is 6. The maximum absolute atomic E-state index is 11.5. The molecule has 1 aliphatic rings. The average Bonchev–Trinajstić information content (AvgIpc) is 2.39. The minimum Gasteiger partial charge on any atom is -0.466 e. The molecule has 100 valence electrons. The third-order valence-electron chi connectivity index (χ3n) is 2.64. The van der Waals surface area contributed by atoms with Crippen molar-refractivity contribution in [3.8, 4) is 0 Å². The molecule has 0 bridgehead atoms. The van der Waals surface area contributed by atoms with E-state index in [0.717, 1.165) is 0 Å². The lowest BCUT2D eigenvalue weighted by Crippen LogP contribution is -2.48. The highest BCUT2D eigenvalue weighted by atomic mass is 16.7. The van der Waals surface area contributed by atoms with Gasteiger partial charge < -0.3 is 19.9 Å². The number of carbonyl (C=O) groups is 1. The maximum atomic E-state index is 11.5. The van der Waals surface area contributed by atoms with Gasteiger partial charge in [-0.05, 0) is 18.0 Å². The van der Waals surface area contributed by atoms with Crippen molar-refractivity contribution in [2.45, 2.75) is 24.6 Å². The Morgan fingerprint density at radius 3 is 2.94 bits per heavy atom. The zero-order valence-corrected chi connectivity index (χ0v) is 10.3. The summed E-state index contributed by atoms with van der Waals surface area (Å²) in [5, 5.41) is 3.58. The molecule has 0 radical (unpaired) electrons.